The Morgan fingerprint density at radius 1 is 1.42 bits per heavy atom. The Bertz CT molecular complexity index is 449. The average molecular weight is 266 g/mol. The van der Waals surface area contributed by atoms with Crippen LogP contribution in [0.15, 0.2) is 0 Å². The quantitative estimate of drug-likeness (QED) is 0.592. The lowest BCUT2D eigenvalue weighted by Gasteiger charge is -2.06. The summed E-state index contributed by atoms with van der Waals surface area (Å²) >= 11 is 0. The molecule has 8 nitrogen and oxygen atoms in total. The Morgan fingerprint density at radius 3 is 2.89 bits per heavy atom. The lowest BCUT2D eigenvalue weighted by atomic mass is 10.3. The van der Waals surface area contributed by atoms with Crippen molar-refractivity contribution in [1.29, 1.82) is 0 Å². The zero-order valence-electron chi connectivity index (χ0n) is 10.8. The van der Waals surface area contributed by atoms with Gasteiger partial charge in [0.05, 0.1) is 7.11 Å². The molecule has 0 aromatic carbocycles. The summed E-state index contributed by atoms with van der Waals surface area (Å²) in [6, 6.07) is 0.578. The zero-order valence-corrected chi connectivity index (χ0v) is 10.8. The first-order valence-corrected chi connectivity index (χ1v) is 6.26. The third-order valence-corrected chi connectivity index (χ3v) is 2.62. The van der Waals surface area contributed by atoms with E-state index in [4.69, 9.17) is 10.5 Å². The molecule has 0 aliphatic heterocycles. The first-order chi connectivity index (χ1) is 9.17. The number of carbonyl (C=O) groups excluding carboxylic acids is 1. The smallest absolute Gasteiger partial charge is 0.322 e. The second kappa shape index (κ2) is 6.17. The normalized spacial score (nSPS) is 13.9. The largest absolute Gasteiger partial charge is 0.467 e. The van der Waals surface area contributed by atoms with Crippen molar-refractivity contribution in [2.45, 2.75) is 31.7 Å². The van der Waals surface area contributed by atoms with E-state index >= 15 is 0 Å². The van der Waals surface area contributed by atoms with Gasteiger partial charge >= 0.3 is 6.01 Å². The highest BCUT2D eigenvalue weighted by Gasteiger charge is 2.22. The molecule has 0 atom stereocenters. The molecule has 8 heteroatoms. The number of rotatable bonds is 7. The van der Waals surface area contributed by atoms with Gasteiger partial charge in [0.15, 0.2) is 0 Å². The molecule has 1 fully saturated rings. The Kier molecular flexibility index (Phi) is 4.32. The molecule has 0 radical (unpaired) electrons. The van der Waals surface area contributed by atoms with Crippen LogP contribution in [0.5, 0.6) is 6.01 Å². The van der Waals surface area contributed by atoms with E-state index < -0.39 is 0 Å². The summed E-state index contributed by atoms with van der Waals surface area (Å²) < 4.78 is 4.88. The van der Waals surface area contributed by atoms with Crippen molar-refractivity contribution < 1.29 is 9.53 Å². The summed E-state index contributed by atoms with van der Waals surface area (Å²) in [6.07, 6.45) is 3.40. The van der Waals surface area contributed by atoms with Gasteiger partial charge in [-0.05, 0) is 19.3 Å². The number of nitrogens with two attached hydrogens (primary N) is 1. The van der Waals surface area contributed by atoms with Crippen LogP contribution in [0.25, 0.3) is 0 Å². The fourth-order valence-corrected chi connectivity index (χ4v) is 1.52. The molecule has 1 aliphatic rings. The molecule has 1 aromatic rings. The van der Waals surface area contributed by atoms with Crippen LogP contribution in [0.2, 0.25) is 0 Å². The van der Waals surface area contributed by atoms with Crippen LogP contribution in [-0.2, 0) is 4.79 Å². The molecule has 104 valence electrons. The zero-order chi connectivity index (χ0) is 13.7. The van der Waals surface area contributed by atoms with Crippen LogP contribution in [0.1, 0.15) is 25.7 Å². The van der Waals surface area contributed by atoms with Crippen molar-refractivity contribution in [3.8, 4) is 6.01 Å². The van der Waals surface area contributed by atoms with Gasteiger partial charge in [-0.25, -0.2) is 0 Å². The molecular formula is C11H18N6O2. The van der Waals surface area contributed by atoms with Crippen LogP contribution in [0.3, 0.4) is 0 Å². The van der Waals surface area contributed by atoms with Gasteiger partial charge in [-0.3, -0.25) is 4.79 Å². The van der Waals surface area contributed by atoms with Crippen molar-refractivity contribution in [1.82, 2.24) is 20.3 Å². The second-order valence-electron chi connectivity index (χ2n) is 4.38. The highest BCUT2D eigenvalue weighted by atomic mass is 16.5. The van der Waals surface area contributed by atoms with Crippen molar-refractivity contribution in [2.75, 3.05) is 24.7 Å². The van der Waals surface area contributed by atoms with Crippen LogP contribution >= 0.6 is 0 Å². The van der Waals surface area contributed by atoms with Crippen molar-refractivity contribution >= 4 is 17.8 Å². The number of nitrogens with one attached hydrogen (secondary N) is 2. The molecular weight excluding hydrogens is 248 g/mol. The van der Waals surface area contributed by atoms with Crippen LogP contribution in [0.4, 0.5) is 11.9 Å². The molecule has 0 saturated heterocycles. The van der Waals surface area contributed by atoms with E-state index in [9.17, 15) is 4.79 Å². The Morgan fingerprint density at radius 2 is 2.21 bits per heavy atom. The van der Waals surface area contributed by atoms with E-state index in [0.717, 1.165) is 12.8 Å². The number of methoxy groups -OCH3 is 1. The maximum atomic E-state index is 11.4. The average Bonchev–Trinajstić information content (AvgIpc) is 3.18. The minimum Gasteiger partial charge on any atom is -0.467 e. The Hall–Kier alpha value is -2.12. The maximum absolute atomic E-state index is 11.4. The van der Waals surface area contributed by atoms with Gasteiger partial charge in [0.25, 0.3) is 0 Å². The standard InChI is InChI=1S/C11H18N6O2/c1-19-11-16-9(12)15-10(17-11)13-6-2-3-8(18)14-7-4-5-7/h7H,2-6H2,1H3,(H,14,18)(H3,12,13,15,16,17). The van der Waals surface area contributed by atoms with Gasteiger partial charge in [-0.1, -0.05) is 0 Å². The summed E-state index contributed by atoms with van der Waals surface area (Å²) in [5.41, 5.74) is 5.50. The van der Waals surface area contributed by atoms with Gasteiger partial charge in [-0.15, -0.1) is 0 Å². The molecule has 1 heterocycles. The maximum Gasteiger partial charge on any atom is 0.322 e. The number of hydrogen-bond donors (Lipinski definition) is 3. The number of aromatic nitrogens is 3. The van der Waals surface area contributed by atoms with Gasteiger partial charge in [-0.2, -0.15) is 15.0 Å². The monoisotopic (exact) mass is 266 g/mol. The third-order valence-electron chi connectivity index (χ3n) is 2.62. The minimum atomic E-state index is 0.0945. The van der Waals surface area contributed by atoms with Crippen molar-refractivity contribution in [3.05, 3.63) is 0 Å². The minimum absolute atomic E-state index is 0.0945. The first-order valence-electron chi connectivity index (χ1n) is 6.26. The fourth-order valence-electron chi connectivity index (χ4n) is 1.52. The summed E-state index contributed by atoms with van der Waals surface area (Å²) in [5, 5.41) is 5.91. The lowest BCUT2D eigenvalue weighted by molar-refractivity contribution is -0.121. The van der Waals surface area contributed by atoms with Crippen LogP contribution in [-0.4, -0.2) is 40.6 Å². The first kappa shape index (κ1) is 13.3. The predicted molar refractivity (Wildman–Crippen MR) is 69.7 cm³/mol. The number of hydrogen-bond acceptors (Lipinski definition) is 7. The van der Waals surface area contributed by atoms with E-state index in [2.05, 4.69) is 25.6 Å². The van der Waals surface area contributed by atoms with E-state index in [1.807, 2.05) is 0 Å². The number of carbonyl (C=O) groups is 1. The van der Waals surface area contributed by atoms with E-state index in [1.165, 1.54) is 7.11 Å². The predicted octanol–water partition coefficient (Wildman–Crippen LogP) is -0.0669. The number of anilines is 2. The highest BCUT2D eigenvalue weighted by molar-refractivity contribution is 5.76. The number of nitrogen functional groups attached to an aromatic ring is 1. The molecule has 1 aromatic heterocycles. The lowest BCUT2D eigenvalue weighted by Crippen LogP contribution is -2.25. The molecule has 0 unspecified atom stereocenters. The van der Waals surface area contributed by atoms with E-state index in [0.29, 0.717) is 31.4 Å². The number of nitrogens with zero attached hydrogens (tertiary/aromatic N) is 3. The molecule has 4 N–H and O–H groups in total. The van der Waals surface area contributed by atoms with Crippen LogP contribution in [0, 0.1) is 0 Å². The van der Waals surface area contributed by atoms with Crippen LogP contribution < -0.4 is 21.1 Å². The Labute approximate surface area is 111 Å². The van der Waals surface area contributed by atoms with Gasteiger partial charge in [0.2, 0.25) is 17.8 Å². The second-order valence-corrected chi connectivity index (χ2v) is 4.38. The summed E-state index contributed by atoms with van der Waals surface area (Å²) in [5.74, 6) is 0.546. The molecule has 1 saturated carbocycles. The van der Waals surface area contributed by atoms with Gasteiger partial charge in [0, 0.05) is 19.0 Å². The topological polar surface area (TPSA) is 115 Å². The molecule has 1 aliphatic carbocycles. The molecule has 19 heavy (non-hydrogen) atoms. The van der Waals surface area contributed by atoms with Crippen molar-refractivity contribution in [2.24, 2.45) is 0 Å². The van der Waals surface area contributed by atoms with E-state index in [-0.39, 0.29) is 17.9 Å². The summed E-state index contributed by atoms with van der Waals surface area (Å²) in [7, 11) is 1.46. The van der Waals surface area contributed by atoms with Gasteiger partial charge in [0.1, 0.15) is 0 Å². The molecule has 1 amide bonds. The fraction of sp³-hybridized carbons (Fsp3) is 0.636. The summed E-state index contributed by atoms with van der Waals surface area (Å²) in [4.78, 5) is 23.1. The number of ether oxygens (including phenoxy) is 1. The Balaban J connectivity index is 1.69. The molecule has 0 spiro atoms. The van der Waals surface area contributed by atoms with E-state index in [1.54, 1.807) is 0 Å². The molecule has 0 bridgehead atoms. The summed E-state index contributed by atoms with van der Waals surface area (Å²) in [6.45, 7) is 0.588. The van der Waals surface area contributed by atoms with Crippen molar-refractivity contribution in [3.63, 3.8) is 0 Å². The SMILES string of the molecule is COc1nc(N)nc(NCCCC(=O)NC2CC2)n1. The highest BCUT2D eigenvalue weighted by Crippen LogP contribution is 2.18. The third kappa shape index (κ3) is 4.57. The number of amides is 1. The van der Waals surface area contributed by atoms with Gasteiger partial charge < -0.3 is 21.1 Å². The molecule has 2 rings (SSSR count).